The molecule has 71 heavy (non-hydrogen) atoms. The van der Waals surface area contributed by atoms with E-state index in [0.29, 0.717) is 12.8 Å². The third kappa shape index (κ3) is 60.6. The summed E-state index contributed by atoms with van der Waals surface area (Å²) in [6.07, 6.45) is 81.6. The minimum absolute atomic E-state index is 0.0582. The molecule has 0 aliphatic heterocycles. The van der Waals surface area contributed by atoms with Crippen LogP contribution in [0.15, 0.2) is 36.5 Å². The lowest BCUT2D eigenvalue weighted by molar-refractivity contribution is -0.161. The van der Waals surface area contributed by atoms with E-state index in [-0.39, 0.29) is 25.2 Å². The second-order valence-electron chi connectivity index (χ2n) is 21.9. The van der Waals surface area contributed by atoms with Crippen LogP contribution in [-0.4, -0.2) is 36.4 Å². The third-order valence-electron chi connectivity index (χ3n) is 14.7. The van der Waals surface area contributed by atoms with Gasteiger partial charge >= 0.3 is 11.9 Å². The third-order valence-corrected chi connectivity index (χ3v) is 14.7. The summed E-state index contributed by atoms with van der Waals surface area (Å²) >= 11 is 0. The number of aliphatic hydroxyl groups excluding tert-OH is 1. The van der Waals surface area contributed by atoms with Crippen molar-refractivity contribution in [1.29, 1.82) is 0 Å². The minimum atomic E-state index is -0.767. The highest BCUT2D eigenvalue weighted by Crippen LogP contribution is 2.18. The van der Waals surface area contributed by atoms with Gasteiger partial charge in [0.1, 0.15) is 6.61 Å². The molecule has 5 nitrogen and oxygen atoms in total. The van der Waals surface area contributed by atoms with E-state index >= 15 is 0 Å². The zero-order valence-electron chi connectivity index (χ0n) is 48.0. The first kappa shape index (κ1) is 69.1. The van der Waals surface area contributed by atoms with Crippen molar-refractivity contribution in [3.8, 4) is 0 Å². The Balaban J connectivity index is 3.38. The standard InChI is InChI=1S/C66H124O5/c1-3-5-7-9-11-13-15-17-19-21-23-24-25-26-27-28-29-30-31-32-33-34-35-36-37-38-39-40-41-42-43-45-47-49-51-53-55-57-59-61-66(69)71-64(62-67)63-70-65(68)60-58-56-54-52-50-48-46-44-22-20-18-16-14-12-10-8-6-4-2/h15,17,21,23,25-26,64,67H,3-14,16,18-20,22,24,27-63H2,1-2H3/b17-15-,23-21-,26-25-. The fourth-order valence-corrected chi connectivity index (χ4v) is 9.86. The van der Waals surface area contributed by atoms with Gasteiger partial charge in [0.05, 0.1) is 6.61 Å². The van der Waals surface area contributed by atoms with E-state index in [4.69, 9.17) is 9.47 Å². The molecular weight excluding hydrogens is 873 g/mol. The van der Waals surface area contributed by atoms with Crippen LogP contribution in [0.1, 0.15) is 354 Å². The number of carbonyl (C=O) groups excluding carboxylic acids is 2. The Morgan fingerprint density at radius 2 is 0.563 bits per heavy atom. The molecule has 0 bridgehead atoms. The Bertz CT molecular complexity index is 1130. The summed E-state index contributed by atoms with van der Waals surface area (Å²) in [6, 6.07) is 0. The van der Waals surface area contributed by atoms with E-state index < -0.39 is 6.10 Å². The van der Waals surface area contributed by atoms with Crippen molar-refractivity contribution in [3.05, 3.63) is 36.5 Å². The van der Waals surface area contributed by atoms with Gasteiger partial charge in [-0.05, 0) is 51.4 Å². The first-order valence-electron chi connectivity index (χ1n) is 32.0. The van der Waals surface area contributed by atoms with Crippen molar-refractivity contribution in [2.45, 2.75) is 360 Å². The summed E-state index contributed by atoms with van der Waals surface area (Å²) in [5, 5.41) is 9.66. The van der Waals surface area contributed by atoms with Crippen molar-refractivity contribution in [1.82, 2.24) is 0 Å². The Morgan fingerprint density at radius 1 is 0.324 bits per heavy atom. The number of allylic oxidation sites excluding steroid dienone is 6. The lowest BCUT2D eigenvalue weighted by Crippen LogP contribution is -2.28. The lowest BCUT2D eigenvalue weighted by Gasteiger charge is -2.15. The van der Waals surface area contributed by atoms with Crippen molar-refractivity contribution in [2.75, 3.05) is 13.2 Å². The predicted molar refractivity (Wildman–Crippen MR) is 311 cm³/mol. The number of hydrogen-bond acceptors (Lipinski definition) is 5. The molecule has 5 heteroatoms. The number of unbranched alkanes of at least 4 members (excludes halogenated alkanes) is 46. The van der Waals surface area contributed by atoms with E-state index in [9.17, 15) is 14.7 Å². The minimum Gasteiger partial charge on any atom is -0.462 e. The highest BCUT2D eigenvalue weighted by atomic mass is 16.6. The molecular formula is C66H124O5. The van der Waals surface area contributed by atoms with Crippen LogP contribution in [0.2, 0.25) is 0 Å². The summed E-state index contributed by atoms with van der Waals surface area (Å²) in [5.74, 6) is -0.567. The summed E-state index contributed by atoms with van der Waals surface area (Å²) in [5.41, 5.74) is 0. The first-order chi connectivity index (χ1) is 35.1. The zero-order valence-corrected chi connectivity index (χ0v) is 48.0. The molecule has 1 unspecified atom stereocenters. The molecule has 0 radical (unpaired) electrons. The number of esters is 2. The maximum Gasteiger partial charge on any atom is 0.306 e. The van der Waals surface area contributed by atoms with E-state index in [0.717, 1.165) is 44.9 Å². The molecule has 0 aromatic heterocycles. The molecule has 0 spiro atoms. The van der Waals surface area contributed by atoms with Gasteiger partial charge in [-0.25, -0.2) is 0 Å². The number of carbonyl (C=O) groups is 2. The Hall–Kier alpha value is -1.88. The van der Waals surface area contributed by atoms with Crippen LogP contribution >= 0.6 is 0 Å². The van der Waals surface area contributed by atoms with Gasteiger partial charge in [0, 0.05) is 12.8 Å². The average molecular weight is 998 g/mol. The maximum atomic E-state index is 12.3. The largest absolute Gasteiger partial charge is 0.462 e. The number of aliphatic hydroxyl groups is 1. The molecule has 1 N–H and O–H groups in total. The SMILES string of the molecule is CCCCCCC/C=C\C/C=C\C/C=C\CCCCCCCCCCCCCCCCCCCCCCCCCCC(=O)OC(CO)COC(=O)CCCCCCCCCCCCCCCCCCCC. The molecule has 0 aromatic carbocycles. The highest BCUT2D eigenvalue weighted by molar-refractivity contribution is 5.70. The second-order valence-corrected chi connectivity index (χ2v) is 21.9. The van der Waals surface area contributed by atoms with Gasteiger partial charge in [-0.15, -0.1) is 0 Å². The van der Waals surface area contributed by atoms with Crippen LogP contribution < -0.4 is 0 Å². The molecule has 0 aliphatic rings. The Kier molecular flexibility index (Phi) is 60.8. The van der Waals surface area contributed by atoms with Gasteiger partial charge in [-0.1, -0.05) is 326 Å². The van der Waals surface area contributed by atoms with E-state index in [1.807, 2.05) is 0 Å². The van der Waals surface area contributed by atoms with Gasteiger partial charge in [-0.3, -0.25) is 9.59 Å². The molecule has 0 heterocycles. The normalized spacial score (nSPS) is 12.3. The lowest BCUT2D eigenvalue weighted by atomic mass is 10.0. The van der Waals surface area contributed by atoms with Gasteiger partial charge in [0.25, 0.3) is 0 Å². The summed E-state index contributed by atoms with van der Waals surface area (Å²) < 4.78 is 10.7. The molecule has 0 saturated heterocycles. The fourth-order valence-electron chi connectivity index (χ4n) is 9.86. The molecule has 0 rings (SSSR count). The van der Waals surface area contributed by atoms with Gasteiger partial charge < -0.3 is 14.6 Å². The molecule has 0 saturated carbocycles. The average Bonchev–Trinajstić information content (AvgIpc) is 3.37. The Labute approximate surface area is 444 Å². The fraction of sp³-hybridized carbons (Fsp3) is 0.879. The van der Waals surface area contributed by atoms with Crippen LogP contribution in [0.3, 0.4) is 0 Å². The van der Waals surface area contributed by atoms with Crippen LogP contribution in [0.5, 0.6) is 0 Å². The first-order valence-corrected chi connectivity index (χ1v) is 32.0. The zero-order chi connectivity index (χ0) is 51.3. The van der Waals surface area contributed by atoms with Gasteiger partial charge in [0.2, 0.25) is 0 Å². The van der Waals surface area contributed by atoms with E-state index in [1.54, 1.807) is 0 Å². The van der Waals surface area contributed by atoms with E-state index in [2.05, 4.69) is 50.3 Å². The van der Waals surface area contributed by atoms with Gasteiger partial charge in [0.15, 0.2) is 6.10 Å². The second kappa shape index (κ2) is 62.4. The molecule has 0 amide bonds. The number of rotatable bonds is 60. The predicted octanol–water partition coefficient (Wildman–Crippen LogP) is 21.8. The quantitative estimate of drug-likeness (QED) is 0.0373. The summed E-state index contributed by atoms with van der Waals surface area (Å²) in [4.78, 5) is 24.5. The molecule has 0 fully saturated rings. The van der Waals surface area contributed by atoms with Crippen molar-refractivity contribution in [2.24, 2.45) is 0 Å². The van der Waals surface area contributed by atoms with E-state index in [1.165, 1.54) is 283 Å². The number of hydrogen-bond donors (Lipinski definition) is 1. The van der Waals surface area contributed by atoms with Crippen LogP contribution in [0.25, 0.3) is 0 Å². The molecule has 0 aliphatic carbocycles. The Morgan fingerprint density at radius 3 is 0.845 bits per heavy atom. The van der Waals surface area contributed by atoms with Crippen molar-refractivity contribution in [3.63, 3.8) is 0 Å². The molecule has 1 atom stereocenters. The summed E-state index contributed by atoms with van der Waals surface area (Å²) in [7, 11) is 0. The van der Waals surface area contributed by atoms with Crippen molar-refractivity contribution < 1.29 is 24.2 Å². The smallest absolute Gasteiger partial charge is 0.306 e. The molecule has 0 aromatic rings. The van der Waals surface area contributed by atoms with Crippen LogP contribution in [0, 0.1) is 0 Å². The van der Waals surface area contributed by atoms with Crippen LogP contribution in [-0.2, 0) is 19.1 Å². The van der Waals surface area contributed by atoms with Crippen LogP contribution in [0.4, 0.5) is 0 Å². The highest BCUT2D eigenvalue weighted by Gasteiger charge is 2.16. The van der Waals surface area contributed by atoms with Crippen molar-refractivity contribution >= 4 is 11.9 Å². The maximum absolute atomic E-state index is 12.3. The monoisotopic (exact) mass is 997 g/mol. The number of ether oxygens (including phenoxy) is 2. The molecule has 418 valence electrons. The summed E-state index contributed by atoms with van der Waals surface area (Å²) in [6.45, 7) is 4.18. The van der Waals surface area contributed by atoms with Gasteiger partial charge in [-0.2, -0.15) is 0 Å². The topological polar surface area (TPSA) is 72.8 Å².